The van der Waals surface area contributed by atoms with E-state index in [1.165, 1.54) is 12.8 Å². The smallest absolute Gasteiger partial charge is 0.251 e. The molecule has 0 bridgehead atoms. The number of hydrogen-bond donors (Lipinski definition) is 2. The van der Waals surface area contributed by atoms with Gasteiger partial charge in [-0.3, -0.25) is 9.89 Å². The quantitative estimate of drug-likeness (QED) is 0.883. The maximum Gasteiger partial charge on any atom is 0.251 e. The van der Waals surface area contributed by atoms with Crippen LogP contribution in [0.1, 0.15) is 56.8 Å². The lowest BCUT2D eigenvalue weighted by molar-refractivity contribution is 0.0890. The number of nitrogens with zero attached hydrogens (tertiary/aromatic N) is 1. The Morgan fingerprint density at radius 2 is 2.14 bits per heavy atom. The van der Waals surface area contributed by atoms with Crippen LogP contribution in [0.2, 0.25) is 0 Å². The minimum absolute atomic E-state index is 0.0302. The van der Waals surface area contributed by atoms with Crippen molar-refractivity contribution in [3.05, 3.63) is 30.0 Å². The number of aromatic nitrogens is 2. The minimum atomic E-state index is 0.0302. The van der Waals surface area contributed by atoms with Crippen molar-refractivity contribution in [2.45, 2.75) is 52.5 Å². The summed E-state index contributed by atoms with van der Waals surface area (Å²) in [5.74, 6) is 0.713. The van der Waals surface area contributed by atoms with Gasteiger partial charge in [0.05, 0.1) is 11.7 Å². The molecule has 0 aliphatic heterocycles. The van der Waals surface area contributed by atoms with Crippen molar-refractivity contribution in [1.82, 2.24) is 15.5 Å². The number of H-pyrrole nitrogens is 1. The molecule has 1 aliphatic rings. The molecule has 4 heteroatoms. The van der Waals surface area contributed by atoms with Crippen molar-refractivity contribution in [2.75, 3.05) is 0 Å². The Hall–Kier alpha value is -1.84. The molecule has 1 saturated carbocycles. The van der Waals surface area contributed by atoms with Crippen molar-refractivity contribution in [2.24, 2.45) is 11.3 Å². The van der Waals surface area contributed by atoms with E-state index in [0.717, 1.165) is 23.7 Å². The van der Waals surface area contributed by atoms with Crippen LogP contribution in [-0.2, 0) is 0 Å². The first kappa shape index (κ1) is 15.1. The van der Waals surface area contributed by atoms with Gasteiger partial charge in [-0.15, -0.1) is 0 Å². The zero-order chi connectivity index (χ0) is 15.7. The van der Waals surface area contributed by atoms with E-state index in [4.69, 9.17) is 0 Å². The van der Waals surface area contributed by atoms with Gasteiger partial charge in [-0.25, -0.2) is 0 Å². The average Bonchev–Trinajstić information content (AvgIpc) is 2.94. The van der Waals surface area contributed by atoms with Gasteiger partial charge in [0, 0.05) is 17.0 Å². The molecule has 0 spiro atoms. The van der Waals surface area contributed by atoms with Crippen molar-refractivity contribution < 1.29 is 4.79 Å². The van der Waals surface area contributed by atoms with Crippen molar-refractivity contribution >= 4 is 16.8 Å². The molecule has 4 nitrogen and oxygen atoms in total. The molecule has 0 radical (unpaired) electrons. The second kappa shape index (κ2) is 5.75. The molecule has 2 N–H and O–H groups in total. The largest absolute Gasteiger partial charge is 0.349 e. The minimum Gasteiger partial charge on any atom is -0.349 e. The Morgan fingerprint density at radius 3 is 2.91 bits per heavy atom. The lowest BCUT2D eigenvalue weighted by atomic mass is 9.71. The summed E-state index contributed by atoms with van der Waals surface area (Å²) in [4.78, 5) is 12.5. The van der Waals surface area contributed by atoms with Crippen LogP contribution in [-0.4, -0.2) is 22.1 Å². The molecule has 1 heterocycles. The summed E-state index contributed by atoms with van der Waals surface area (Å²) in [5, 5.41) is 11.1. The first-order chi connectivity index (χ1) is 10.4. The molecule has 1 aliphatic carbocycles. The van der Waals surface area contributed by atoms with Gasteiger partial charge in [-0.1, -0.05) is 27.2 Å². The Balaban J connectivity index is 1.68. The van der Waals surface area contributed by atoms with E-state index in [1.807, 2.05) is 18.2 Å². The Kier molecular flexibility index (Phi) is 3.94. The van der Waals surface area contributed by atoms with E-state index in [-0.39, 0.29) is 5.91 Å². The van der Waals surface area contributed by atoms with Crippen LogP contribution in [0.3, 0.4) is 0 Å². The number of carbonyl (C=O) groups is 1. The van der Waals surface area contributed by atoms with Crippen LogP contribution in [0, 0.1) is 11.3 Å². The monoisotopic (exact) mass is 299 g/mol. The molecule has 1 fully saturated rings. The van der Waals surface area contributed by atoms with Gasteiger partial charge in [-0.2, -0.15) is 5.10 Å². The molecule has 3 rings (SSSR count). The summed E-state index contributed by atoms with van der Waals surface area (Å²) >= 11 is 0. The van der Waals surface area contributed by atoms with Gasteiger partial charge < -0.3 is 5.32 Å². The number of fused-ring (bicyclic) bond motifs is 1. The van der Waals surface area contributed by atoms with Gasteiger partial charge in [0.15, 0.2) is 0 Å². The maximum absolute atomic E-state index is 12.5. The Bertz CT molecular complexity index is 668. The van der Waals surface area contributed by atoms with Crippen LogP contribution in [0.15, 0.2) is 24.4 Å². The molecule has 1 aromatic carbocycles. The normalized spacial score (nSPS) is 22.7. The van der Waals surface area contributed by atoms with Gasteiger partial charge in [0.2, 0.25) is 0 Å². The number of benzene rings is 1. The highest BCUT2D eigenvalue weighted by atomic mass is 16.1. The predicted octanol–water partition coefficient (Wildman–Crippen LogP) is 3.90. The van der Waals surface area contributed by atoms with Crippen LogP contribution in [0.4, 0.5) is 0 Å². The van der Waals surface area contributed by atoms with Gasteiger partial charge in [0.1, 0.15) is 0 Å². The van der Waals surface area contributed by atoms with Gasteiger partial charge in [0.25, 0.3) is 5.91 Å². The van der Waals surface area contributed by atoms with Crippen LogP contribution >= 0.6 is 0 Å². The van der Waals surface area contributed by atoms with Crippen LogP contribution in [0.5, 0.6) is 0 Å². The van der Waals surface area contributed by atoms with E-state index in [1.54, 1.807) is 6.20 Å². The third-order valence-corrected chi connectivity index (χ3v) is 4.94. The summed E-state index contributed by atoms with van der Waals surface area (Å²) in [7, 11) is 0. The molecular formula is C18H25N3O. The van der Waals surface area contributed by atoms with E-state index < -0.39 is 0 Å². The average molecular weight is 299 g/mol. The van der Waals surface area contributed by atoms with Crippen LogP contribution < -0.4 is 5.32 Å². The van der Waals surface area contributed by atoms with E-state index in [9.17, 15) is 4.79 Å². The first-order valence-electron chi connectivity index (χ1n) is 8.17. The standard InChI is InChI=1S/C18H25N3O/c1-18(2,3)14-5-4-6-15(10-14)20-17(22)12-7-8-16-13(9-12)11-19-21-16/h7-9,11,14-15H,4-6,10H2,1-3H3,(H,19,21)(H,20,22). The maximum atomic E-state index is 12.5. The highest BCUT2D eigenvalue weighted by molar-refractivity contribution is 5.98. The van der Waals surface area contributed by atoms with E-state index >= 15 is 0 Å². The van der Waals surface area contributed by atoms with Gasteiger partial charge in [-0.05, 0) is 48.8 Å². The summed E-state index contributed by atoms with van der Waals surface area (Å²) in [6.07, 6.45) is 6.41. The summed E-state index contributed by atoms with van der Waals surface area (Å²) in [5.41, 5.74) is 1.99. The third kappa shape index (κ3) is 3.16. The molecular weight excluding hydrogens is 274 g/mol. The number of aromatic amines is 1. The Labute approximate surface area is 131 Å². The first-order valence-corrected chi connectivity index (χ1v) is 8.17. The molecule has 2 atom stereocenters. The zero-order valence-electron chi connectivity index (χ0n) is 13.6. The highest BCUT2D eigenvalue weighted by Gasteiger charge is 2.31. The number of hydrogen-bond acceptors (Lipinski definition) is 2. The number of nitrogens with one attached hydrogen (secondary N) is 2. The molecule has 2 unspecified atom stereocenters. The molecule has 1 aromatic heterocycles. The summed E-state index contributed by atoms with van der Waals surface area (Å²) < 4.78 is 0. The second-order valence-electron chi connectivity index (χ2n) is 7.57. The molecule has 118 valence electrons. The van der Waals surface area contributed by atoms with Crippen molar-refractivity contribution in [1.29, 1.82) is 0 Å². The number of carbonyl (C=O) groups excluding carboxylic acids is 1. The molecule has 22 heavy (non-hydrogen) atoms. The summed E-state index contributed by atoms with van der Waals surface area (Å²) in [6, 6.07) is 5.97. The van der Waals surface area contributed by atoms with Crippen molar-refractivity contribution in [3.63, 3.8) is 0 Å². The molecule has 2 aromatic rings. The summed E-state index contributed by atoms with van der Waals surface area (Å²) in [6.45, 7) is 6.90. The third-order valence-electron chi connectivity index (χ3n) is 4.94. The van der Waals surface area contributed by atoms with Crippen LogP contribution in [0.25, 0.3) is 10.9 Å². The molecule has 0 saturated heterocycles. The van der Waals surface area contributed by atoms with Crippen molar-refractivity contribution in [3.8, 4) is 0 Å². The highest BCUT2D eigenvalue weighted by Crippen LogP contribution is 2.37. The topological polar surface area (TPSA) is 57.8 Å². The fraction of sp³-hybridized carbons (Fsp3) is 0.556. The zero-order valence-corrected chi connectivity index (χ0v) is 13.6. The number of amides is 1. The number of rotatable bonds is 2. The lowest BCUT2D eigenvalue weighted by Gasteiger charge is -2.38. The van der Waals surface area contributed by atoms with E-state index in [2.05, 4.69) is 36.3 Å². The fourth-order valence-corrected chi connectivity index (χ4v) is 3.46. The Morgan fingerprint density at radius 1 is 1.32 bits per heavy atom. The molecule has 1 amide bonds. The second-order valence-corrected chi connectivity index (χ2v) is 7.57. The predicted molar refractivity (Wildman–Crippen MR) is 88.8 cm³/mol. The van der Waals surface area contributed by atoms with E-state index in [0.29, 0.717) is 22.9 Å². The fourth-order valence-electron chi connectivity index (χ4n) is 3.46. The SMILES string of the molecule is CC(C)(C)C1CCCC(NC(=O)c2ccc3[nH]ncc3c2)C1. The van der Waals surface area contributed by atoms with Gasteiger partial charge >= 0.3 is 0 Å². The lowest BCUT2D eigenvalue weighted by Crippen LogP contribution is -2.40.